The fraction of sp³-hybridized carbons (Fsp3) is 0.727. The Labute approximate surface area is 107 Å². The van der Waals surface area contributed by atoms with Gasteiger partial charge in [0, 0.05) is 13.1 Å². The molecule has 0 aromatic carbocycles. The molecule has 100 valence electrons. The summed E-state index contributed by atoms with van der Waals surface area (Å²) in [6, 6.07) is 0.239. The van der Waals surface area contributed by atoms with Crippen molar-refractivity contribution in [3.8, 4) is 6.01 Å². The molecule has 0 aliphatic carbocycles. The number of nitrogens with zero attached hydrogens (tertiary/aromatic N) is 4. The van der Waals surface area contributed by atoms with Crippen molar-refractivity contribution in [1.29, 1.82) is 0 Å². The van der Waals surface area contributed by atoms with E-state index < -0.39 is 0 Å². The molecule has 1 saturated heterocycles. The second-order valence-electron chi connectivity index (χ2n) is 4.33. The van der Waals surface area contributed by atoms with Crippen molar-refractivity contribution in [3.05, 3.63) is 0 Å². The normalized spacial score (nSPS) is 16.5. The van der Waals surface area contributed by atoms with Gasteiger partial charge in [0.05, 0.1) is 7.11 Å². The second-order valence-corrected chi connectivity index (χ2v) is 4.33. The van der Waals surface area contributed by atoms with Crippen molar-refractivity contribution in [2.75, 3.05) is 44.3 Å². The molecule has 1 aromatic rings. The van der Waals surface area contributed by atoms with E-state index in [0.29, 0.717) is 5.95 Å². The third-order valence-corrected chi connectivity index (χ3v) is 2.97. The molecule has 0 spiro atoms. The smallest absolute Gasteiger partial charge is 0.322 e. The number of hydrogen-bond donors (Lipinski definition) is 2. The van der Waals surface area contributed by atoms with Crippen LogP contribution in [-0.4, -0.2) is 53.1 Å². The Balaban J connectivity index is 1.80. The largest absolute Gasteiger partial charge is 0.467 e. The van der Waals surface area contributed by atoms with Crippen LogP contribution in [0.2, 0.25) is 0 Å². The highest BCUT2D eigenvalue weighted by atomic mass is 16.5. The lowest BCUT2D eigenvalue weighted by molar-refractivity contribution is 0.237. The predicted octanol–water partition coefficient (Wildman–Crippen LogP) is 0.360. The Kier molecular flexibility index (Phi) is 4.52. The summed E-state index contributed by atoms with van der Waals surface area (Å²) in [6.07, 6.45) is 3.95. The molecule has 1 fully saturated rings. The number of methoxy groups -OCH3 is 1. The number of likely N-dealkylation sites (tertiary alicyclic amines) is 1. The third-order valence-electron chi connectivity index (χ3n) is 2.97. The number of hydrogen-bond acceptors (Lipinski definition) is 7. The Morgan fingerprint density at radius 2 is 2.00 bits per heavy atom. The van der Waals surface area contributed by atoms with Crippen LogP contribution < -0.4 is 15.8 Å². The molecule has 1 aromatic heterocycles. The summed E-state index contributed by atoms with van der Waals surface area (Å²) in [7, 11) is 1.51. The van der Waals surface area contributed by atoms with Gasteiger partial charge in [-0.15, -0.1) is 0 Å². The molecule has 7 nitrogen and oxygen atoms in total. The molecule has 1 aliphatic heterocycles. The number of aromatic nitrogens is 3. The van der Waals surface area contributed by atoms with Gasteiger partial charge in [0.15, 0.2) is 0 Å². The summed E-state index contributed by atoms with van der Waals surface area (Å²) in [6.45, 7) is 4.16. The van der Waals surface area contributed by atoms with Gasteiger partial charge in [-0.25, -0.2) is 0 Å². The van der Waals surface area contributed by atoms with Crippen molar-refractivity contribution in [2.24, 2.45) is 0 Å². The van der Waals surface area contributed by atoms with Crippen LogP contribution in [0.1, 0.15) is 19.3 Å². The highest BCUT2D eigenvalue weighted by molar-refractivity contribution is 5.32. The van der Waals surface area contributed by atoms with Crippen LogP contribution in [0.15, 0.2) is 0 Å². The molecule has 1 aliphatic rings. The van der Waals surface area contributed by atoms with E-state index in [1.807, 2.05) is 0 Å². The number of piperidine rings is 1. The van der Waals surface area contributed by atoms with Crippen LogP contribution in [-0.2, 0) is 0 Å². The lowest BCUT2D eigenvalue weighted by Gasteiger charge is -2.26. The van der Waals surface area contributed by atoms with Gasteiger partial charge in [0.1, 0.15) is 0 Å². The topological polar surface area (TPSA) is 89.2 Å². The molecule has 0 atom stereocenters. The molecule has 2 rings (SSSR count). The molecule has 18 heavy (non-hydrogen) atoms. The van der Waals surface area contributed by atoms with E-state index in [1.54, 1.807) is 0 Å². The molecule has 0 saturated carbocycles. The van der Waals surface area contributed by atoms with E-state index in [-0.39, 0.29) is 12.0 Å². The number of nitrogens with two attached hydrogens (primary N) is 1. The van der Waals surface area contributed by atoms with E-state index in [2.05, 4.69) is 25.2 Å². The molecule has 0 radical (unpaired) electrons. The van der Waals surface area contributed by atoms with Gasteiger partial charge in [-0.3, -0.25) is 0 Å². The first kappa shape index (κ1) is 12.8. The number of nitrogens with one attached hydrogen (secondary N) is 1. The first-order valence-corrected chi connectivity index (χ1v) is 6.29. The van der Waals surface area contributed by atoms with Crippen LogP contribution in [0.25, 0.3) is 0 Å². The van der Waals surface area contributed by atoms with Crippen molar-refractivity contribution < 1.29 is 4.74 Å². The minimum atomic E-state index is 0.169. The highest BCUT2D eigenvalue weighted by Gasteiger charge is 2.09. The van der Waals surface area contributed by atoms with Crippen molar-refractivity contribution in [3.63, 3.8) is 0 Å². The summed E-state index contributed by atoms with van der Waals surface area (Å²) in [5.74, 6) is 0.638. The Morgan fingerprint density at radius 3 is 2.72 bits per heavy atom. The zero-order valence-electron chi connectivity index (χ0n) is 10.7. The monoisotopic (exact) mass is 252 g/mol. The Bertz CT molecular complexity index is 380. The molecule has 7 heteroatoms. The molecule has 0 amide bonds. The Hall–Kier alpha value is -1.63. The van der Waals surface area contributed by atoms with Crippen LogP contribution in [0.3, 0.4) is 0 Å². The molecular formula is C11H20N6O. The summed E-state index contributed by atoms with van der Waals surface area (Å²) < 4.78 is 4.94. The van der Waals surface area contributed by atoms with E-state index in [0.717, 1.165) is 13.1 Å². The van der Waals surface area contributed by atoms with E-state index in [9.17, 15) is 0 Å². The zero-order valence-corrected chi connectivity index (χ0v) is 10.7. The second kappa shape index (κ2) is 6.34. The average molecular weight is 252 g/mol. The quantitative estimate of drug-likeness (QED) is 0.782. The van der Waals surface area contributed by atoms with E-state index in [4.69, 9.17) is 10.5 Å². The van der Waals surface area contributed by atoms with E-state index >= 15 is 0 Å². The molecule has 3 N–H and O–H groups in total. The van der Waals surface area contributed by atoms with Crippen molar-refractivity contribution in [2.45, 2.75) is 19.3 Å². The standard InChI is InChI=1S/C11H20N6O/c1-18-11-15-9(12)14-10(16-11)13-5-8-17-6-3-2-4-7-17/h2-8H2,1H3,(H3,12,13,14,15,16). The van der Waals surface area contributed by atoms with E-state index in [1.165, 1.54) is 39.5 Å². The van der Waals surface area contributed by atoms with Crippen LogP contribution in [0.5, 0.6) is 6.01 Å². The van der Waals surface area contributed by atoms with Gasteiger partial charge < -0.3 is 20.7 Å². The van der Waals surface area contributed by atoms with Crippen LogP contribution >= 0.6 is 0 Å². The molecular weight excluding hydrogens is 232 g/mol. The Morgan fingerprint density at radius 1 is 1.22 bits per heavy atom. The fourth-order valence-electron chi connectivity index (χ4n) is 2.05. The van der Waals surface area contributed by atoms with Gasteiger partial charge in [0.2, 0.25) is 11.9 Å². The van der Waals surface area contributed by atoms with Gasteiger partial charge in [-0.2, -0.15) is 15.0 Å². The van der Waals surface area contributed by atoms with Crippen LogP contribution in [0, 0.1) is 0 Å². The molecule has 0 unspecified atom stereocenters. The summed E-state index contributed by atoms with van der Waals surface area (Å²) in [5.41, 5.74) is 5.56. The first-order chi connectivity index (χ1) is 8.78. The van der Waals surface area contributed by atoms with Crippen molar-refractivity contribution >= 4 is 11.9 Å². The average Bonchev–Trinajstić information content (AvgIpc) is 2.39. The summed E-state index contributed by atoms with van der Waals surface area (Å²) in [4.78, 5) is 14.4. The summed E-state index contributed by atoms with van der Waals surface area (Å²) in [5, 5.41) is 3.14. The number of nitrogen functional groups attached to an aromatic ring is 1. The predicted molar refractivity (Wildman–Crippen MR) is 69.6 cm³/mol. The van der Waals surface area contributed by atoms with Gasteiger partial charge in [-0.1, -0.05) is 6.42 Å². The third kappa shape index (κ3) is 3.69. The first-order valence-electron chi connectivity index (χ1n) is 6.29. The lowest BCUT2D eigenvalue weighted by Crippen LogP contribution is -2.33. The van der Waals surface area contributed by atoms with Gasteiger partial charge >= 0.3 is 6.01 Å². The van der Waals surface area contributed by atoms with Crippen molar-refractivity contribution in [1.82, 2.24) is 19.9 Å². The molecule has 0 bridgehead atoms. The fourth-order valence-corrected chi connectivity index (χ4v) is 2.05. The minimum Gasteiger partial charge on any atom is -0.467 e. The highest BCUT2D eigenvalue weighted by Crippen LogP contribution is 2.09. The maximum absolute atomic E-state index is 5.56. The number of anilines is 2. The SMILES string of the molecule is COc1nc(N)nc(NCCN2CCCCC2)n1. The van der Waals surface area contributed by atoms with Gasteiger partial charge in [0.25, 0.3) is 0 Å². The van der Waals surface area contributed by atoms with Gasteiger partial charge in [-0.05, 0) is 25.9 Å². The van der Waals surface area contributed by atoms with Crippen LogP contribution in [0.4, 0.5) is 11.9 Å². The summed E-state index contributed by atoms with van der Waals surface area (Å²) >= 11 is 0. The number of ether oxygens (including phenoxy) is 1. The maximum atomic E-state index is 5.56. The zero-order chi connectivity index (χ0) is 12.8. The maximum Gasteiger partial charge on any atom is 0.322 e. The number of rotatable bonds is 5. The lowest BCUT2D eigenvalue weighted by atomic mass is 10.1. The molecule has 2 heterocycles. The minimum absolute atomic E-state index is 0.169.